The molecule has 20 heavy (non-hydrogen) atoms. The zero-order chi connectivity index (χ0) is 15.2. The molecule has 1 aromatic carbocycles. The summed E-state index contributed by atoms with van der Waals surface area (Å²) in [5.41, 5.74) is 0.171. The van der Waals surface area contributed by atoms with Crippen LogP contribution in [0.3, 0.4) is 0 Å². The number of halogens is 1. The van der Waals surface area contributed by atoms with Crippen LogP contribution in [0.25, 0.3) is 0 Å². The van der Waals surface area contributed by atoms with Crippen molar-refractivity contribution in [1.29, 1.82) is 0 Å². The summed E-state index contributed by atoms with van der Waals surface area (Å²) >= 11 is 3.33. The number of rotatable bonds is 4. The number of hydrogen-bond donors (Lipinski definition) is 2. The van der Waals surface area contributed by atoms with Gasteiger partial charge in [0.25, 0.3) is 0 Å². The Morgan fingerprint density at radius 1 is 1.30 bits per heavy atom. The van der Waals surface area contributed by atoms with Crippen molar-refractivity contribution < 1.29 is 14.3 Å². The quantitative estimate of drug-likeness (QED) is 0.881. The molecule has 0 bridgehead atoms. The second kappa shape index (κ2) is 7.28. The maximum Gasteiger partial charge on any atom is 0.407 e. The van der Waals surface area contributed by atoms with Gasteiger partial charge in [-0.3, -0.25) is 4.79 Å². The van der Waals surface area contributed by atoms with Crippen LogP contribution in [0, 0.1) is 0 Å². The number of nitrogens with one attached hydrogen (secondary N) is 2. The van der Waals surface area contributed by atoms with Crippen LogP contribution < -0.4 is 10.6 Å². The van der Waals surface area contributed by atoms with Crippen LogP contribution in [0.2, 0.25) is 0 Å². The largest absolute Gasteiger partial charge is 0.444 e. The molecule has 0 heterocycles. The van der Waals surface area contributed by atoms with E-state index < -0.39 is 11.7 Å². The van der Waals surface area contributed by atoms with Crippen molar-refractivity contribution in [3.8, 4) is 0 Å². The van der Waals surface area contributed by atoms with Crippen molar-refractivity contribution in [3.05, 3.63) is 28.7 Å². The summed E-state index contributed by atoms with van der Waals surface area (Å²) in [6.45, 7) is 5.58. The van der Waals surface area contributed by atoms with Gasteiger partial charge >= 0.3 is 6.09 Å². The summed E-state index contributed by atoms with van der Waals surface area (Å²) in [5.74, 6) is -0.167. The third-order valence-corrected chi connectivity index (χ3v) is 2.62. The van der Waals surface area contributed by atoms with Crippen molar-refractivity contribution in [2.45, 2.75) is 32.8 Å². The van der Waals surface area contributed by atoms with Gasteiger partial charge in [0.15, 0.2) is 0 Å². The second-order valence-corrected chi connectivity index (χ2v) is 6.15. The monoisotopic (exact) mass is 342 g/mol. The molecule has 110 valence electrons. The average molecular weight is 343 g/mol. The van der Waals surface area contributed by atoms with E-state index in [-0.39, 0.29) is 18.9 Å². The zero-order valence-corrected chi connectivity index (χ0v) is 13.4. The van der Waals surface area contributed by atoms with E-state index in [1.165, 1.54) is 0 Å². The van der Waals surface area contributed by atoms with Crippen LogP contribution in [0.15, 0.2) is 28.7 Å². The SMILES string of the molecule is CC(C)(C)OC(=O)NCCC(=O)Nc1cccc(Br)c1. The van der Waals surface area contributed by atoms with Crippen LogP contribution in [-0.4, -0.2) is 24.1 Å². The molecule has 0 saturated heterocycles. The average Bonchev–Trinajstić information content (AvgIpc) is 2.26. The molecule has 0 spiro atoms. The predicted octanol–water partition coefficient (Wildman–Crippen LogP) is 3.30. The number of anilines is 1. The van der Waals surface area contributed by atoms with E-state index in [9.17, 15) is 9.59 Å². The Balaban J connectivity index is 2.29. The molecule has 0 aliphatic rings. The lowest BCUT2D eigenvalue weighted by molar-refractivity contribution is -0.116. The van der Waals surface area contributed by atoms with Gasteiger partial charge in [-0.1, -0.05) is 22.0 Å². The number of benzene rings is 1. The fraction of sp³-hybridized carbons (Fsp3) is 0.429. The maximum atomic E-state index is 11.7. The van der Waals surface area contributed by atoms with Crippen molar-refractivity contribution in [3.63, 3.8) is 0 Å². The molecule has 0 aromatic heterocycles. The zero-order valence-electron chi connectivity index (χ0n) is 11.8. The summed E-state index contributed by atoms with van der Waals surface area (Å²) in [6, 6.07) is 7.31. The molecule has 2 amide bonds. The van der Waals surface area contributed by atoms with Gasteiger partial charge in [-0.25, -0.2) is 4.79 Å². The molecule has 2 N–H and O–H groups in total. The van der Waals surface area contributed by atoms with E-state index >= 15 is 0 Å². The smallest absolute Gasteiger partial charge is 0.407 e. The first-order chi connectivity index (χ1) is 9.26. The Morgan fingerprint density at radius 3 is 2.60 bits per heavy atom. The Kier molecular flexibility index (Phi) is 6.01. The van der Waals surface area contributed by atoms with E-state index in [1.54, 1.807) is 32.9 Å². The lowest BCUT2D eigenvalue weighted by atomic mass is 10.2. The van der Waals surface area contributed by atoms with Crippen LogP contribution in [0.4, 0.5) is 10.5 Å². The van der Waals surface area contributed by atoms with Gasteiger partial charge in [0.2, 0.25) is 5.91 Å². The minimum absolute atomic E-state index is 0.167. The van der Waals surface area contributed by atoms with Gasteiger partial charge in [0.1, 0.15) is 5.60 Å². The Hall–Kier alpha value is -1.56. The summed E-state index contributed by atoms with van der Waals surface area (Å²) in [4.78, 5) is 23.0. The van der Waals surface area contributed by atoms with Crippen LogP contribution in [0.5, 0.6) is 0 Å². The molecule has 0 aliphatic carbocycles. The highest BCUT2D eigenvalue weighted by molar-refractivity contribution is 9.10. The van der Waals surface area contributed by atoms with Gasteiger partial charge in [-0.2, -0.15) is 0 Å². The molecular weight excluding hydrogens is 324 g/mol. The molecule has 1 rings (SSSR count). The molecule has 0 unspecified atom stereocenters. The van der Waals surface area contributed by atoms with Crippen molar-refractivity contribution in [1.82, 2.24) is 5.32 Å². The second-order valence-electron chi connectivity index (χ2n) is 5.24. The number of ether oxygens (including phenoxy) is 1. The van der Waals surface area contributed by atoms with Crippen molar-refractivity contribution in [2.75, 3.05) is 11.9 Å². The number of carbonyl (C=O) groups excluding carboxylic acids is 2. The van der Waals surface area contributed by atoms with E-state index in [1.807, 2.05) is 12.1 Å². The third kappa shape index (κ3) is 7.13. The van der Waals surface area contributed by atoms with E-state index in [0.717, 1.165) is 4.47 Å². The van der Waals surface area contributed by atoms with Crippen molar-refractivity contribution in [2.24, 2.45) is 0 Å². The lowest BCUT2D eigenvalue weighted by Gasteiger charge is -2.19. The molecule has 0 atom stereocenters. The Morgan fingerprint density at radius 2 is 2.00 bits per heavy atom. The fourth-order valence-corrected chi connectivity index (χ4v) is 1.78. The van der Waals surface area contributed by atoms with Gasteiger partial charge in [-0.05, 0) is 39.0 Å². The van der Waals surface area contributed by atoms with E-state index in [2.05, 4.69) is 26.6 Å². The number of alkyl carbamates (subject to hydrolysis) is 1. The first-order valence-corrected chi connectivity index (χ1v) is 7.08. The van der Waals surface area contributed by atoms with Gasteiger partial charge in [0.05, 0.1) is 0 Å². The highest BCUT2D eigenvalue weighted by atomic mass is 79.9. The van der Waals surface area contributed by atoms with Gasteiger partial charge in [-0.15, -0.1) is 0 Å². The predicted molar refractivity (Wildman–Crippen MR) is 81.6 cm³/mol. The first kappa shape index (κ1) is 16.5. The molecule has 0 saturated carbocycles. The van der Waals surface area contributed by atoms with E-state index in [4.69, 9.17) is 4.74 Å². The maximum absolute atomic E-state index is 11.7. The minimum atomic E-state index is -0.539. The summed E-state index contributed by atoms with van der Waals surface area (Å²) < 4.78 is 5.96. The first-order valence-electron chi connectivity index (χ1n) is 6.28. The van der Waals surface area contributed by atoms with Crippen LogP contribution in [-0.2, 0) is 9.53 Å². The molecule has 6 heteroatoms. The Bertz CT molecular complexity index is 484. The molecule has 5 nitrogen and oxygen atoms in total. The topological polar surface area (TPSA) is 67.4 Å². The minimum Gasteiger partial charge on any atom is -0.444 e. The highest BCUT2D eigenvalue weighted by Crippen LogP contribution is 2.15. The number of carbonyl (C=O) groups is 2. The van der Waals surface area contributed by atoms with Gasteiger partial charge < -0.3 is 15.4 Å². The molecule has 0 radical (unpaired) electrons. The van der Waals surface area contributed by atoms with E-state index in [0.29, 0.717) is 5.69 Å². The molecule has 1 aromatic rings. The summed E-state index contributed by atoms with van der Waals surface area (Å²) in [5, 5.41) is 5.28. The highest BCUT2D eigenvalue weighted by Gasteiger charge is 2.15. The third-order valence-electron chi connectivity index (χ3n) is 2.13. The summed E-state index contributed by atoms with van der Waals surface area (Å²) in [7, 11) is 0. The molecule has 0 fully saturated rings. The van der Waals surface area contributed by atoms with Gasteiger partial charge in [0, 0.05) is 23.1 Å². The molecular formula is C14H19BrN2O3. The Labute approximate surface area is 127 Å². The number of hydrogen-bond acceptors (Lipinski definition) is 3. The fourth-order valence-electron chi connectivity index (χ4n) is 1.38. The summed E-state index contributed by atoms with van der Waals surface area (Å²) in [6.07, 6.45) is -0.334. The normalized spacial score (nSPS) is 10.8. The van der Waals surface area contributed by atoms with Crippen molar-refractivity contribution >= 4 is 33.6 Å². The molecule has 0 aliphatic heterocycles. The number of amides is 2. The lowest BCUT2D eigenvalue weighted by Crippen LogP contribution is -2.34. The van der Waals surface area contributed by atoms with Crippen LogP contribution >= 0.6 is 15.9 Å². The standard InChI is InChI=1S/C14H19BrN2O3/c1-14(2,3)20-13(19)16-8-7-12(18)17-11-6-4-5-10(15)9-11/h4-6,9H,7-8H2,1-3H3,(H,16,19)(H,17,18). The van der Waals surface area contributed by atoms with Crippen LogP contribution in [0.1, 0.15) is 27.2 Å².